The van der Waals surface area contributed by atoms with Gasteiger partial charge in [0.25, 0.3) is 0 Å². The van der Waals surface area contributed by atoms with Crippen molar-refractivity contribution in [2.75, 3.05) is 0 Å². The first kappa shape index (κ1) is 14.3. The van der Waals surface area contributed by atoms with Crippen molar-refractivity contribution in [3.63, 3.8) is 0 Å². The molecule has 0 amide bonds. The lowest BCUT2D eigenvalue weighted by Gasteiger charge is -2.14. The summed E-state index contributed by atoms with van der Waals surface area (Å²) in [5.41, 5.74) is 3.98. The molecule has 2 aromatic carbocycles. The number of hydrogen-bond donors (Lipinski definition) is 0. The molecule has 18 heavy (non-hydrogen) atoms. The second-order valence-corrected chi connectivity index (χ2v) is 7.24. The molecule has 94 valence electrons. The largest absolute Gasteiger partial charge is 0.0835 e. The Balaban J connectivity index is 2.19. The molecule has 3 heteroatoms. The molecule has 1 atom stereocenters. The van der Waals surface area contributed by atoms with Gasteiger partial charge in [-0.2, -0.15) is 0 Å². The Hall–Kier alpha value is -0.120. The van der Waals surface area contributed by atoms with Gasteiger partial charge in [0.15, 0.2) is 0 Å². The summed E-state index contributed by atoms with van der Waals surface area (Å²) in [6, 6.07) is 14.9. The Labute approximate surface area is 133 Å². The lowest BCUT2D eigenvalue weighted by atomic mass is 10.0. The van der Waals surface area contributed by atoms with Gasteiger partial charge in [0.1, 0.15) is 0 Å². The van der Waals surface area contributed by atoms with E-state index in [4.69, 9.17) is 0 Å². The van der Waals surface area contributed by atoms with Crippen LogP contribution in [0.5, 0.6) is 0 Å². The molecule has 0 N–H and O–H groups in total. The van der Waals surface area contributed by atoms with Crippen LogP contribution in [0, 0.1) is 6.92 Å². The maximum absolute atomic E-state index is 3.79. The summed E-state index contributed by atoms with van der Waals surface area (Å²) in [6.07, 6.45) is 0.988. The predicted octanol–water partition coefficient (Wildman–Crippen LogP) is 6.20. The smallest absolute Gasteiger partial charge is 0.0438 e. The maximum atomic E-state index is 3.79. The van der Waals surface area contributed by atoms with Gasteiger partial charge in [-0.15, -0.1) is 0 Å². The van der Waals surface area contributed by atoms with E-state index in [0.29, 0.717) is 4.83 Å². The standard InChI is InChI=1S/C15H13Br3/c1-10-7-13(17)5-6-14(10)15(18)9-11-3-2-4-12(16)8-11/h2-8,15H,9H2,1H3. The van der Waals surface area contributed by atoms with Gasteiger partial charge in [-0.1, -0.05) is 66.0 Å². The highest BCUT2D eigenvalue weighted by atomic mass is 79.9. The summed E-state index contributed by atoms with van der Waals surface area (Å²) in [5, 5.41) is 0. The molecular formula is C15H13Br3. The van der Waals surface area contributed by atoms with E-state index in [1.165, 1.54) is 16.7 Å². The molecule has 0 heterocycles. The van der Waals surface area contributed by atoms with E-state index >= 15 is 0 Å². The lowest BCUT2D eigenvalue weighted by Crippen LogP contribution is -1.98. The number of rotatable bonds is 3. The average Bonchev–Trinajstić information content (AvgIpc) is 2.28. The number of hydrogen-bond acceptors (Lipinski definition) is 0. The monoisotopic (exact) mass is 430 g/mol. The number of benzene rings is 2. The van der Waals surface area contributed by atoms with E-state index in [1.807, 2.05) is 0 Å². The first-order valence-corrected chi connectivity index (χ1v) is 8.21. The van der Waals surface area contributed by atoms with Crippen LogP contribution in [0.4, 0.5) is 0 Å². The van der Waals surface area contributed by atoms with Crippen molar-refractivity contribution >= 4 is 47.8 Å². The summed E-state index contributed by atoms with van der Waals surface area (Å²) >= 11 is 10.8. The van der Waals surface area contributed by atoms with E-state index in [-0.39, 0.29) is 0 Å². The molecule has 0 nitrogen and oxygen atoms in total. The second-order valence-electron chi connectivity index (χ2n) is 4.30. The van der Waals surface area contributed by atoms with Crippen molar-refractivity contribution < 1.29 is 0 Å². The Morgan fingerprint density at radius 1 is 1.00 bits per heavy atom. The lowest BCUT2D eigenvalue weighted by molar-refractivity contribution is 0.937. The van der Waals surface area contributed by atoms with Crippen LogP contribution >= 0.6 is 47.8 Å². The van der Waals surface area contributed by atoms with Crippen molar-refractivity contribution in [2.45, 2.75) is 18.2 Å². The molecule has 0 saturated heterocycles. The van der Waals surface area contributed by atoms with E-state index in [0.717, 1.165) is 15.4 Å². The van der Waals surface area contributed by atoms with Gasteiger partial charge in [-0.25, -0.2) is 0 Å². The Morgan fingerprint density at radius 3 is 2.39 bits per heavy atom. The predicted molar refractivity (Wildman–Crippen MR) is 88.4 cm³/mol. The quantitative estimate of drug-likeness (QED) is 0.506. The molecular weight excluding hydrogens is 420 g/mol. The van der Waals surface area contributed by atoms with Gasteiger partial charge in [0.2, 0.25) is 0 Å². The molecule has 0 bridgehead atoms. The number of halogens is 3. The van der Waals surface area contributed by atoms with Gasteiger partial charge in [-0.05, 0) is 54.3 Å². The van der Waals surface area contributed by atoms with E-state index in [9.17, 15) is 0 Å². The minimum absolute atomic E-state index is 0.347. The fourth-order valence-electron chi connectivity index (χ4n) is 1.97. The van der Waals surface area contributed by atoms with Gasteiger partial charge < -0.3 is 0 Å². The van der Waals surface area contributed by atoms with Crippen LogP contribution in [0.1, 0.15) is 21.5 Å². The number of aryl methyl sites for hydroxylation is 1. The molecule has 1 unspecified atom stereocenters. The highest BCUT2D eigenvalue weighted by Crippen LogP contribution is 2.31. The van der Waals surface area contributed by atoms with Crippen molar-refractivity contribution in [2.24, 2.45) is 0 Å². The molecule has 0 aliphatic heterocycles. The van der Waals surface area contributed by atoms with E-state index in [1.54, 1.807) is 0 Å². The molecule has 0 radical (unpaired) electrons. The summed E-state index contributed by atoms with van der Waals surface area (Å²) in [7, 11) is 0. The van der Waals surface area contributed by atoms with Crippen LogP contribution < -0.4 is 0 Å². The van der Waals surface area contributed by atoms with Crippen molar-refractivity contribution in [1.29, 1.82) is 0 Å². The van der Waals surface area contributed by atoms with Crippen LogP contribution in [0.3, 0.4) is 0 Å². The topological polar surface area (TPSA) is 0 Å². The van der Waals surface area contributed by atoms with Crippen LogP contribution in [0.25, 0.3) is 0 Å². The zero-order valence-corrected chi connectivity index (χ0v) is 14.7. The van der Waals surface area contributed by atoms with Crippen LogP contribution in [0.2, 0.25) is 0 Å². The molecule has 0 saturated carbocycles. The third-order valence-electron chi connectivity index (χ3n) is 2.87. The van der Waals surface area contributed by atoms with Crippen molar-refractivity contribution in [3.05, 3.63) is 68.1 Å². The van der Waals surface area contributed by atoms with Crippen LogP contribution in [-0.4, -0.2) is 0 Å². The van der Waals surface area contributed by atoms with Crippen LogP contribution in [-0.2, 0) is 6.42 Å². The average molecular weight is 433 g/mol. The molecule has 0 fully saturated rings. The maximum Gasteiger partial charge on any atom is 0.0438 e. The summed E-state index contributed by atoms with van der Waals surface area (Å²) in [6.45, 7) is 2.15. The summed E-state index contributed by atoms with van der Waals surface area (Å²) < 4.78 is 2.26. The SMILES string of the molecule is Cc1cc(Br)ccc1C(Br)Cc1cccc(Br)c1. The van der Waals surface area contributed by atoms with Crippen LogP contribution in [0.15, 0.2) is 51.4 Å². The van der Waals surface area contributed by atoms with Gasteiger partial charge in [0, 0.05) is 13.8 Å². The highest BCUT2D eigenvalue weighted by molar-refractivity contribution is 9.10. The van der Waals surface area contributed by atoms with Gasteiger partial charge >= 0.3 is 0 Å². The minimum atomic E-state index is 0.347. The molecule has 0 aromatic heterocycles. The normalized spacial score (nSPS) is 12.4. The highest BCUT2D eigenvalue weighted by Gasteiger charge is 2.11. The Bertz CT molecular complexity index is 549. The van der Waals surface area contributed by atoms with Crippen molar-refractivity contribution in [3.8, 4) is 0 Å². The summed E-state index contributed by atoms with van der Waals surface area (Å²) in [5.74, 6) is 0. The van der Waals surface area contributed by atoms with Crippen molar-refractivity contribution in [1.82, 2.24) is 0 Å². The molecule has 0 aliphatic carbocycles. The summed E-state index contributed by atoms with van der Waals surface area (Å²) in [4.78, 5) is 0.347. The molecule has 0 aliphatic rings. The zero-order valence-electron chi connectivity index (χ0n) is 9.96. The van der Waals surface area contributed by atoms with Gasteiger partial charge in [0.05, 0.1) is 0 Å². The minimum Gasteiger partial charge on any atom is -0.0835 e. The van der Waals surface area contributed by atoms with E-state index < -0.39 is 0 Å². The molecule has 2 aromatic rings. The Kier molecular flexibility index (Phi) is 5.05. The zero-order chi connectivity index (χ0) is 13.1. The first-order valence-electron chi connectivity index (χ1n) is 5.71. The molecule has 0 spiro atoms. The second kappa shape index (κ2) is 6.36. The molecule has 2 rings (SSSR count). The third-order valence-corrected chi connectivity index (χ3v) is 4.68. The number of alkyl halides is 1. The third kappa shape index (κ3) is 3.69. The van der Waals surface area contributed by atoms with E-state index in [2.05, 4.69) is 97.2 Å². The van der Waals surface area contributed by atoms with Gasteiger partial charge in [-0.3, -0.25) is 0 Å². The Morgan fingerprint density at radius 2 is 1.72 bits per heavy atom. The fourth-order valence-corrected chi connectivity index (χ4v) is 3.78. The first-order chi connectivity index (χ1) is 8.56. The fraction of sp³-hybridized carbons (Fsp3) is 0.200.